The van der Waals surface area contributed by atoms with Crippen molar-refractivity contribution >= 4 is 17.6 Å². The average Bonchev–Trinajstić information content (AvgIpc) is 2.33. The van der Waals surface area contributed by atoms with Gasteiger partial charge in [-0.25, -0.2) is 4.98 Å². The third kappa shape index (κ3) is 3.49. The van der Waals surface area contributed by atoms with E-state index in [0.29, 0.717) is 0 Å². The van der Waals surface area contributed by atoms with Crippen molar-refractivity contribution in [3.63, 3.8) is 0 Å². The molecule has 0 radical (unpaired) electrons. The van der Waals surface area contributed by atoms with Crippen molar-refractivity contribution in [3.8, 4) is 0 Å². The van der Waals surface area contributed by atoms with Gasteiger partial charge in [-0.3, -0.25) is 0 Å². The van der Waals surface area contributed by atoms with Crippen LogP contribution in [0.4, 0.5) is 5.82 Å². The molecule has 0 bridgehead atoms. The number of aryl methyl sites for hydroxylation is 1. The van der Waals surface area contributed by atoms with Crippen LogP contribution >= 0.6 is 11.8 Å². The van der Waals surface area contributed by atoms with Crippen LogP contribution in [0.5, 0.6) is 0 Å². The summed E-state index contributed by atoms with van der Waals surface area (Å²) in [7, 11) is 0. The molecule has 2 aromatic rings. The Morgan fingerprint density at radius 3 is 2.59 bits per heavy atom. The first kappa shape index (κ1) is 12.0. The van der Waals surface area contributed by atoms with Gasteiger partial charge in [0.2, 0.25) is 0 Å². The first-order chi connectivity index (χ1) is 8.28. The molecule has 1 aromatic heterocycles. The van der Waals surface area contributed by atoms with Crippen LogP contribution in [0, 0.1) is 6.92 Å². The van der Waals surface area contributed by atoms with Crippen molar-refractivity contribution < 1.29 is 0 Å². The summed E-state index contributed by atoms with van der Waals surface area (Å²) in [4.78, 5) is 6.72. The zero-order valence-corrected chi connectivity index (χ0v) is 10.9. The molecule has 0 atom stereocenters. The highest BCUT2D eigenvalue weighted by molar-refractivity contribution is 7.99. The fraction of sp³-hybridized carbons (Fsp3) is 0.214. The van der Waals surface area contributed by atoms with Gasteiger partial charge in [-0.2, -0.15) is 0 Å². The first-order valence-corrected chi connectivity index (χ1v) is 6.54. The van der Waals surface area contributed by atoms with Crippen molar-refractivity contribution in [2.45, 2.75) is 23.6 Å². The smallest absolute Gasteiger partial charge is 0.126 e. The van der Waals surface area contributed by atoms with E-state index in [2.05, 4.69) is 54.5 Å². The minimum absolute atomic E-state index is 0.894. The molecule has 0 amide bonds. The number of anilines is 1. The lowest BCUT2D eigenvalue weighted by molar-refractivity contribution is 1.14. The molecule has 3 heteroatoms. The third-order valence-corrected chi connectivity index (χ3v) is 3.34. The van der Waals surface area contributed by atoms with Gasteiger partial charge in [0.15, 0.2) is 0 Å². The summed E-state index contributed by atoms with van der Waals surface area (Å²) >= 11 is 1.76. The first-order valence-electron chi connectivity index (χ1n) is 5.72. The van der Waals surface area contributed by atoms with E-state index in [9.17, 15) is 0 Å². The lowest BCUT2D eigenvalue weighted by atomic mass is 10.2. The molecular weight excluding hydrogens is 228 g/mol. The van der Waals surface area contributed by atoms with Crippen molar-refractivity contribution in [1.29, 1.82) is 0 Å². The Hall–Kier alpha value is -1.48. The fourth-order valence-electron chi connectivity index (χ4n) is 1.49. The highest BCUT2D eigenvalue weighted by Gasteiger charge is 1.99. The lowest BCUT2D eigenvalue weighted by Crippen LogP contribution is -1.98. The Balaban J connectivity index is 2.12. The normalized spacial score (nSPS) is 10.2. The van der Waals surface area contributed by atoms with Crippen LogP contribution in [-0.2, 0) is 0 Å². The molecule has 0 aliphatic rings. The predicted octanol–water partition coefficient (Wildman–Crippen LogP) is 3.97. The van der Waals surface area contributed by atoms with Crippen molar-refractivity contribution in [1.82, 2.24) is 4.98 Å². The van der Waals surface area contributed by atoms with E-state index < -0.39 is 0 Å². The molecule has 2 rings (SSSR count). The molecule has 0 saturated heterocycles. The summed E-state index contributed by atoms with van der Waals surface area (Å²) in [6, 6.07) is 12.7. The third-order valence-electron chi connectivity index (χ3n) is 2.35. The molecule has 0 fully saturated rings. The Morgan fingerprint density at radius 1 is 1.12 bits per heavy atom. The summed E-state index contributed by atoms with van der Waals surface area (Å²) in [6.07, 6.45) is 1.84. The number of aromatic nitrogens is 1. The zero-order valence-electron chi connectivity index (χ0n) is 10.1. The molecule has 0 aliphatic heterocycles. The van der Waals surface area contributed by atoms with E-state index in [-0.39, 0.29) is 0 Å². The zero-order chi connectivity index (χ0) is 12.1. The molecule has 88 valence electrons. The Morgan fingerprint density at radius 2 is 1.88 bits per heavy atom. The number of nitrogens with zero attached hydrogens (tertiary/aromatic N) is 1. The fourth-order valence-corrected chi connectivity index (χ4v) is 2.34. The van der Waals surface area contributed by atoms with Crippen LogP contribution in [-0.4, -0.2) is 11.5 Å². The second-order valence-corrected chi connectivity index (χ2v) is 4.97. The minimum Gasteiger partial charge on any atom is -0.370 e. The van der Waals surface area contributed by atoms with E-state index >= 15 is 0 Å². The van der Waals surface area contributed by atoms with Gasteiger partial charge in [0.25, 0.3) is 0 Å². The summed E-state index contributed by atoms with van der Waals surface area (Å²) in [5.74, 6) is 0.935. The van der Waals surface area contributed by atoms with Gasteiger partial charge in [0.1, 0.15) is 5.82 Å². The molecule has 17 heavy (non-hydrogen) atoms. The van der Waals surface area contributed by atoms with E-state index in [4.69, 9.17) is 0 Å². The standard InChI is InChI=1S/C14H16N2S/c1-3-15-14-10-13(8-9-16-14)17-12-6-4-11(2)5-7-12/h4-10H,3H2,1-2H3,(H,15,16). The van der Waals surface area contributed by atoms with Gasteiger partial charge < -0.3 is 5.32 Å². The second kappa shape index (κ2) is 5.73. The monoisotopic (exact) mass is 244 g/mol. The number of benzene rings is 1. The van der Waals surface area contributed by atoms with Gasteiger partial charge in [-0.05, 0) is 38.1 Å². The summed E-state index contributed by atoms with van der Waals surface area (Å²) in [6.45, 7) is 5.07. The molecule has 1 heterocycles. The number of rotatable bonds is 4. The summed E-state index contributed by atoms with van der Waals surface area (Å²) < 4.78 is 0. The molecule has 0 unspecified atom stereocenters. The quantitative estimate of drug-likeness (QED) is 0.880. The molecule has 0 spiro atoms. The maximum absolute atomic E-state index is 4.26. The van der Waals surface area contributed by atoms with E-state index in [0.717, 1.165) is 12.4 Å². The number of hydrogen-bond donors (Lipinski definition) is 1. The van der Waals surface area contributed by atoms with Crippen LogP contribution in [0.3, 0.4) is 0 Å². The molecule has 2 nitrogen and oxygen atoms in total. The van der Waals surface area contributed by atoms with Gasteiger partial charge in [0.05, 0.1) is 0 Å². The molecule has 1 aromatic carbocycles. The SMILES string of the molecule is CCNc1cc(Sc2ccc(C)cc2)ccn1. The van der Waals surface area contributed by atoms with Gasteiger partial charge in [-0.15, -0.1) is 0 Å². The Bertz CT molecular complexity index is 480. The highest BCUT2D eigenvalue weighted by atomic mass is 32.2. The summed E-state index contributed by atoms with van der Waals surface area (Å²) in [5.41, 5.74) is 1.29. The Kier molecular flexibility index (Phi) is 4.04. The van der Waals surface area contributed by atoms with Gasteiger partial charge in [0, 0.05) is 22.5 Å². The number of hydrogen-bond acceptors (Lipinski definition) is 3. The number of nitrogens with one attached hydrogen (secondary N) is 1. The van der Waals surface area contributed by atoms with Crippen molar-refractivity contribution in [2.75, 3.05) is 11.9 Å². The topological polar surface area (TPSA) is 24.9 Å². The van der Waals surface area contributed by atoms with Crippen LogP contribution in [0.2, 0.25) is 0 Å². The average molecular weight is 244 g/mol. The number of pyridine rings is 1. The maximum atomic E-state index is 4.26. The highest BCUT2D eigenvalue weighted by Crippen LogP contribution is 2.28. The van der Waals surface area contributed by atoms with Crippen LogP contribution in [0.1, 0.15) is 12.5 Å². The van der Waals surface area contributed by atoms with Crippen molar-refractivity contribution in [3.05, 3.63) is 48.2 Å². The molecule has 1 N–H and O–H groups in total. The molecular formula is C14H16N2S. The molecule has 0 aliphatic carbocycles. The van der Waals surface area contributed by atoms with Crippen molar-refractivity contribution in [2.24, 2.45) is 0 Å². The van der Waals surface area contributed by atoms with E-state index in [1.165, 1.54) is 15.4 Å². The van der Waals surface area contributed by atoms with Gasteiger partial charge >= 0.3 is 0 Å². The van der Waals surface area contributed by atoms with E-state index in [1.807, 2.05) is 12.3 Å². The predicted molar refractivity (Wildman–Crippen MR) is 73.7 cm³/mol. The second-order valence-electron chi connectivity index (χ2n) is 3.82. The van der Waals surface area contributed by atoms with Crippen LogP contribution in [0.25, 0.3) is 0 Å². The van der Waals surface area contributed by atoms with Gasteiger partial charge in [-0.1, -0.05) is 29.5 Å². The molecule has 0 saturated carbocycles. The largest absolute Gasteiger partial charge is 0.370 e. The summed E-state index contributed by atoms with van der Waals surface area (Å²) in [5, 5.41) is 3.22. The maximum Gasteiger partial charge on any atom is 0.126 e. The van der Waals surface area contributed by atoms with Crippen LogP contribution in [0.15, 0.2) is 52.4 Å². The Labute approximate surface area is 106 Å². The van der Waals surface area contributed by atoms with Crippen LogP contribution < -0.4 is 5.32 Å². The lowest BCUT2D eigenvalue weighted by Gasteiger charge is -2.05. The minimum atomic E-state index is 0.894. The van der Waals surface area contributed by atoms with E-state index in [1.54, 1.807) is 11.8 Å².